The molecule has 3 rings (SSSR count). The minimum absolute atomic E-state index is 0.250. The summed E-state index contributed by atoms with van der Waals surface area (Å²) in [7, 11) is 3.67. The topological polar surface area (TPSA) is 93.4 Å². The summed E-state index contributed by atoms with van der Waals surface area (Å²) in [6.45, 7) is 5.02. The van der Waals surface area contributed by atoms with Crippen LogP contribution in [0.25, 0.3) is 0 Å². The second-order valence-electron chi connectivity index (χ2n) is 6.48. The molecule has 0 atom stereocenters. The van der Waals surface area contributed by atoms with Crippen LogP contribution in [0.3, 0.4) is 0 Å². The van der Waals surface area contributed by atoms with Gasteiger partial charge in [0.2, 0.25) is 0 Å². The van der Waals surface area contributed by atoms with Crippen LogP contribution in [-0.2, 0) is 6.54 Å². The fraction of sp³-hybridized carbons (Fsp3) is 0.389. The number of aromatic amines is 1. The molecule has 1 aliphatic rings. The van der Waals surface area contributed by atoms with Gasteiger partial charge in [0.1, 0.15) is 5.69 Å². The highest BCUT2D eigenvalue weighted by Crippen LogP contribution is 2.13. The van der Waals surface area contributed by atoms with E-state index in [1.807, 2.05) is 18.2 Å². The van der Waals surface area contributed by atoms with E-state index in [0.29, 0.717) is 17.1 Å². The molecule has 8 nitrogen and oxygen atoms in total. The number of hydrogen-bond donors (Lipinski definition) is 3. The first-order valence-corrected chi connectivity index (χ1v) is 8.64. The number of anilines is 1. The molecule has 1 saturated heterocycles. The maximum absolute atomic E-state index is 12.5. The summed E-state index contributed by atoms with van der Waals surface area (Å²) in [6, 6.07) is 9.11. The lowest BCUT2D eigenvalue weighted by molar-refractivity contribution is 0.0957. The molecule has 8 heteroatoms. The molecule has 0 unspecified atom stereocenters. The maximum Gasteiger partial charge on any atom is 0.269 e. The molecule has 0 bridgehead atoms. The van der Waals surface area contributed by atoms with E-state index in [1.54, 1.807) is 6.07 Å². The van der Waals surface area contributed by atoms with Gasteiger partial charge < -0.3 is 15.5 Å². The lowest BCUT2D eigenvalue weighted by Crippen LogP contribution is -2.43. The Kier molecular flexibility index (Phi) is 5.65. The van der Waals surface area contributed by atoms with Crippen molar-refractivity contribution in [3.05, 3.63) is 47.2 Å². The predicted octanol–water partition coefficient (Wildman–Crippen LogP) is 0.769. The molecule has 138 valence electrons. The van der Waals surface area contributed by atoms with Crippen LogP contribution >= 0.6 is 0 Å². The molecule has 1 aromatic heterocycles. The van der Waals surface area contributed by atoms with Crippen LogP contribution in [0.4, 0.5) is 5.82 Å². The Labute approximate surface area is 152 Å². The molecule has 2 amide bonds. The summed E-state index contributed by atoms with van der Waals surface area (Å²) >= 11 is 0. The Morgan fingerprint density at radius 3 is 2.65 bits per heavy atom. The summed E-state index contributed by atoms with van der Waals surface area (Å²) < 4.78 is 0. The Balaban J connectivity index is 1.62. The number of carbonyl (C=O) groups is 2. The van der Waals surface area contributed by atoms with E-state index >= 15 is 0 Å². The highest BCUT2D eigenvalue weighted by atomic mass is 16.2. The summed E-state index contributed by atoms with van der Waals surface area (Å²) in [4.78, 5) is 28.7. The molecular weight excluding hydrogens is 332 g/mol. The zero-order chi connectivity index (χ0) is 18.5. The third kappa shape index (κ3) is 4.47. The van der Waals surface area contributed by atoms with Crippen LogP contribution in [0.1, 0.15) is 26.4 Å². The number of likely N-dealkylation sites (N-methyl/N-ethyl adjacent to an activating group) is 1. The number of hydrogen-bond acceptors (Lipinski definition) is 5. The minimum Gasteiger partial charge on any atom is -0.354 e. The minimum atomic E-state index is -0.285. The molecule has 26 heavy (non-hydrogen) atoms. The van der Waals surface area contributed by atoms with Gasteiger partial charge in [-0.1, -0.05) is 12.1 Å². The standard InChI is InChI=1S/C18H24N6O2/c1-19-18(26)15-11-16(22-21-15)20-17(25)14-5-3-4-13(10-14)12-24-8-6-23(2)7-9-24/h3-5,10-11H,6-9,12H2,1-2H3,(H,19,26)(H2,20,21,22,25). The molecule has 0 saturated carbocycles. The number of piperazine rings is 1. The number of amides is 2. The molecular formula is C18H24N6O2. The number of nitrogens with one attached hydrogen (secondary N) is 3. The molecule has 0 radical (unpaired) electrons. The molecule has 1 aromatic carbocycles. The molecule has 3 N–H and O–H groups in total. The molecule has 0 aliphatic carbocycles. The van der Waals surface area contributed by atoms with Gasteiger partial charge in [-0.25, -0.2) is 0 Å². The van der Waals surface area contributed by atoms with Gasteiger partial charge in [-0.3, -0.25) is 19.6 Å². The van der Waals surface area contributed by atoms with Crippen molar-refractivity contribution in [3.8, 4) is 0 Å². The van der Waals surface area contributed by atoms with E-state index in [-0.39, 0.29) is 11.8 Å². The van der Waals surface area contributed by atoms with Crippen molar-refractivity contribution in [2.45, 2.75) is 6.54 Å². The number of carbonyl (C=O) groups excluding carboxylic acids is 2. The van der Waals surface area contributed by atoms with Crippen molar-refractivity contribution < 1.29 is 9.59 Å². The van der Waals surface area contributed by atoms with Crippen LogP contribution in [-0.4, -0.2) is 72.1 Å². The second kappa shape index (κ2) is 8.11. The van der Waals surface area contributed by atoms with Gasteiger partial charge in [-0.2, -0.15) is 5.10 Å². The van der Waals surface area contributed by atoms with Crippen LogP contribution in [0.2, 0.25) is 0 Å². The first-order valence-electron chi connectivity index (χ1n) is 8.64. The van der Waals surface area contributed by atoms with Gasteiger partial charge in [0, 0.05) is 51.4 Å². The van der Waals surface area contributed by atoms with E-state index in [0.717, 1.165) is 38.3 Å². The van der Waals surface area contributed by atoms with E-state index in [1.165, 1.54) is 13.1 Å². The Morgan fingerprint density at radius 2 is 1.92 bits per heavy atom. The Bertz CT molecular complexity index is 779. The smallest absolute Gasteiger partial charge is 0.269 e. The number of benzene rings is 1. The van der Waals surface area contributed by atoms with Gasteiger partial charge >= 0.3 is 0 Å². The maximum atomic E-state index is 12.5. The first-order chi connectivity index (χ1) is 12.5. The van der Waals surface area contributed by atoms with Gasteiger partial charge in [0.15, 0.2) is 5.82 Å². The van der Waals surface area contributed by atoms with Crippen molar-refractivity contribution in [2.75, 3.05) is 45.6 Å². The summed E-state index contributed by atoms with van der Waals surface area (Å²) in [5, 5.41) is 11.7. The monoisotopic (exact) mass is 356 g/mol. The quantitative estimate of drug-likeness (QED) is 0.736. The highest BCUT2D eigenvalue weighted by Gasteiger charge is 2.15. The molecule has 1 fully saturated rings. The van der Waals surface area contributed by atoms with E-state index in [9.17, 15) is 9.59 Å². The van der Waals surface area contributed by atoms with E-state index < -0.39 is 0 Å². The van der Waals surface area contributed by atoms with Crippen LogP contribution in [0.15, 0.2) is 30.3 Å². The molecule has 2 heterocycles. The Morgan fingerprint density at radius 1 is 1.15 bits per heavy atom. The third-order valence-electron chi connectivity index (χ3n) is 4.48. The average molecular weight is 356 g/mol. The SMILES string of the molecule is CNC(=O)c1cc(NC(=O)c2cccc(CN3CCN(C)CC3)c2)n[nH]1. The van der Waals surface area contributed by atoms with Gasteiger partial charge in [0.25, 0.3) is 11.8 Å². The highest BCUT2D eigenvalue weighted by molar-refractivity contribution is 6.04. The van der Waals surface area contributed by atoms with Crippen molar-refractivity contribution in [3.63, 3.8) is 0 Å². The molecule has 1 aliphatic heterocycles. The lowest BCUT2D eigenvalue weighted by atomic mass is 10.1. The van der Waals surface area contributed by atoms with Gasteiger partial charge in [-0.15, -0.1) is 0 Å². The zero-order valence-electron chi connectivity index (χ0n) is 15.1. The first kappa shape index (κ1) is 18.1. The molecule has 0 spiro atoms. The molecule has 2 aromatic rings. The van der Waals surface area contributed by atoms with Crippen molar-refractivity contribution in [2.24, 2.45) is 0 Å². The summed E-state index contributed by atoms with van der Waals surface area (Å²) in [6.07, 6.45) is 0. The zero-order valence-corrected chi connectivity index (χ0v) is 15.1. The van der Waals surface area contributed by atoms with Gasteiger partial charge in [0.05, 0.1) is 0 Å². The van der Waals surface area contributed by atoms with E-state index in [2.05, 4.69) is 37.7 Å². The number of nitrogens with zero attached hydrogens (tertiary/aromatic N) is 3. The normalized spacial score (nSPS) is 15.6. The largest absolute Gasteiger partial charge is 0.354 e. The van der Waals surface area contributed by atoms with Crippen molar-refractivity contribution >= 4 is 17.6 Å². The summed E-state index contributed by atoms with van der Waals surface area (Å²) in [5.41, 5.74) is 1.98. The number of rotatable bonds is 5. The lowest BCUT2D eigenvalue weighted by Gasteiger charge is -2.32. The predicted molar refractivity (Wildman–Crippen MR) is 99.1 cm³/mol. The van der Waals surface area contributed by atoms with Crippen LogP contribution in [0, 0.1) is 0 Å². The second-order valence-corrected chi connectivity index (χ2v) is 6.48. The van der Waals surface area contributed by atoms with Crippen LogP contribution < -0.4 is 10.6 Å². The Hall–Kier alpha value is -2.71. The van der Waals surface area contributed by atoms with E-state index in [4.69, 9.17) is 0 Å². The van der Waals surface area contributed by atoms with Crippen LogP contribution in [0.5, 0.6) is 0 Å². The van der Waals surface area contributed by atoms with Gasteiger partial charge in [-0.05, 0) is 24.7 Å². The van der Waals surface area contributed by atoms with Crippen molar-refractivity contribution in [1.82, 2.24) is 25.3 Å². The third-order valence-corrected chi connectivity index (χ3v) is 4.48. The summed E-state index contributed by atoms with van der Waals surface area (Å²) in [5.74, 6) is -0.217. The van der Waals surface area contributed by atoms with Crippen molar-refractivity contribution in [1.29, 1.82) is 0 Å². The number of aromatic nitrogens is 2. The number of H-pyrrole nitrogens is 1. The fourth-order valence-corrected chi connectivity index (χ4v) is 2.90. The fourth-order valence-electron chi connectivity index (χ4n) is 2.90. The average Bonchev–Trinajstić information content (AvgIpc) is 3.11.